The van der Waals surface area contributed by atoms with Crippen LogP contribution in [0.3, 0.4) is 0 Å². The van der Waals surface area contributed by atoms with Crippen molar-refractivity contribution in [3.8, 4) is 11.5 Å². The van der Waals surface area contributed by atoms with Crippen LogP contribution < -0.4 is 16.8 Å². The molecule has 0 fully saturated rings. The Balaban J connectivity index is 0.000000314. The SMILES string of the molecule is Cc1cc(-c2csc(NC(=O)C(=O)O)n2)on1.NCCCC[C@H](N)C(=O)O. The molecule has 0 bridgehead atoms. The Kier molecular flexibility index (Phi) is 9.05. The van der Waals surface area contributed by atoms with Crippen LogP contribution in [0.1, 0.15) is 25.0 Å². The van der Waals surface area contributed by atoms with Crippen LogP contribution in [0.25, 0.3) is 11.5 Å². The summed E-state index contributed by atoms with van der Waals surface area (Å²) in [7, 11) is 0. The maximum absolute atomic E-state index is 10.9. The first kappa shape index (κ1) is 22.2. The molecule has 1 atom stereocenters. The van der Waals surface area contributed by atoms with Gasteiger partial charge in [-0.25, -0.2) is 9.78 Å². The van der Waals surface area contributed by atoms with Crippen molar-refractivity contribution in [1.29, 1.82) is 0 Å². The number of carboxylic acid groups (broad SMARTS) is 2. The van der Waals surface area contributed by atoms with Crippen LogP contribution in [0, 0.1) is 6.92 Å². The largest absolute Gasteiger partial charge is 0.480 e. The number of carbonyl (C=O) groups is 3. The van der Waals surface area contributed by atoms with E-state index in [1.807, 2.05) is 0 Å². The first-order valence-corrected chi connectivity index (χ1v) is 8.74. The molecule has 1 amide bonds. The first-order valence-electron chi connectivity index (χ1n) is 7.86. The molecule has 12 heteroatoms. The highest BCUT2D eigenvalue weighted by Gasteiger charge is 2.15. The topological polar surface area (TPSA) is 195 Å². The number of aryl methyl sites for hydroxylation is 1. The molecule has 11 nitrogen and oxygen atoms in total. The lowest BCUT2D eigenvalue weighted by atomic mass is 10.1. The first-order chi connectivity index (χ1) is 12.7. The fourth-order valence-electron chi connectivity index (χ4n) is 1.71. The Morgan fingerprint density at radius 1 is 1.33 bits per heavy atom. The lowest BCUT2D eigenvalue weighted by Crippen LogP contribution is -2.29. The number of nitrogens with one attached hydrogen (secondary N) is 1. The number of nitrogens with two attached hydrogens (primary N) is 2. The zero-order valence-electron chi connectivity index (χ0n) is 14.5. The summed E-state index contributed by atoms with van der Waals surface area (Å²) in [5.74, 6) is -3.15. The molecular formula is C15H21N5O6S. The van der Waals surface area contributed by atoms with Crippen molar-refractivity contribution in [3.63, 3.8) is 0 Å². The van der Waals surface area contributed by atoms with E-state index in [2.05, 4.69) is 15.5 Å². The summed E-state index contributed by atoms with van der Waals surface area (Å²) in [6, 6.07) is 0.976. The zero-order valence-corrected chi connectivity index (χ0v) is 15.4. The number of carboxylic acids is 2. The lowest BCUT2D eigenvalue weighted by molar-refractivity contribution is -0.147. The number of nitrogens with zero attached hydrogens (tertiary/aromatic N) is 2. The van der Waals surface area contributed by atoms with E-state index in [0.717, 1.165) is 24.2 Å². The minimum absolute atomic E-state index is 0.196. The minimum Gasteiger partial charge on any atom is -0.480 e. The summed E-state index contributed by atoms with van der Waals surface area (Å²) in [6.45, 7) is 2.37. The van der Waals surface area contributed by atoms with E-state index in [-0.39, 0.29) is 5.13 Å². The molecule has 0 aliphatic heterocycles. The van der Waals surface area contributed by atoms with E-state index in [1.165, 1.54) is 0 Å². The van der Waals surface area contributed by atoms with Gasteiger partial charge in [-0.1, -0.05) is 11.6 Å². The molecule has 0 aliphatic carbocycles. The predicted octanol–water partition coefficient (Wildman–Crippen LogP) is 0.657. The lowest BCUT2D eigenvalue weighted by Gasteiger charge is -2.03. The highest BCUT2D eigenvalue weighted by Crippen LogP contribution is 2.25. The summed E-state index contributed by atoms with van der Waals surface area (Å²) >= 11 is 1.11. The maximum Gasteiger partial charge on any atom is 0.394 e. The highest BCUT2D eigenvalue weighted by molar-refractivity contribution is 7.14. The number of anilines is 1. The Labute approximate surface area is 158 Å². The van der Waals surface area contributed by atoms with Crippen molar-refractivity contribution in [3.05, 3.63) is 17.1 Å². The standard InChI is InChI=1S/C9H7N3O4S.C6H14N2O2/c1-4-2-6(16-12-4)5-3-17-9(10-5)11-7(13)8(14)15;7-4-2-1-3-5(8)6(9)10/h2-3H,1H3,(H,14,15)(H,10,11,13);5H,1-4,7-8H2,(H,9,10)/t;5-/m.0/s1. The number of aromatic nitrogens is 2. The van der Waals surface area contributed by atoms with Gasteiger partial charge in [-0.15, -0.1) is 11.3 Å². The highest BCUT2D eigenvalue weighted by atomic mass is 32.1. The minimum atomic E-state index is -1.56. The molecule has 0 unspecified atom stereocenters. The molecule has 0 saturated carbocycles. The van der Waals surface area contributed by atoms with Gasteiger partial charge in [0.1, 0.15) is 11.7 Å². The predicted molar refractivity (Wildman–Crippen MR) is 97.1 cm³/mol. The van der Waals surface area contributed by atoms with Crippen LogP contribution in [-0.2, 0) is 14.4 Å². The smallest absolute Gasteiger partial charge is 0.394 e. The van der Waals surface area contributed by atoms with Crippen LogP contribution >= 0.6 is 11.3 Å². The fraction of sp³-hybridized carbons (Fsp3) is 0.400. The van der Waals surface area contributed by atoms with Gasteiger partial charge in [-0.3, -0.25) is 14.9 Å². The fourth-order valence-corrected chi connectivity index (χ4v) is 2.41. The van der Waals surface area contributed by atoms with E-state index in [0.29, 0.717) is 30.1 Å². The Morgan fingerprint density at radius 2 is 2.04 bits per heavy atom. The second-order valence-corrected chi connectivity index (χ2v) is 6.22. The van der Waals surface area contributed by atoms with Gasteiger partial charge in [0.2, 0.25) is 0 Å². The monoisotopic (exact) mass is 399 g/mol. The number of unbranched alkanes of at least 4 members (excludes halogenated alkanes) is 1. The van der Waals surface area contributed by atoms with Crippen LogP contribution in [0.5, 0.6) is 0 Å². The summed E-state index contributed by atoms with van der Waals surface area (Å²) in [5, 5.41) is 24.4. The van der Waals surface area contributed by atoms with Gasteiger partial charge >= 0.3 is 17.8 Å². The summed E-state index contributed by atoms with van der Waals surface area (Å²) in [6.07, 6.45) is 2.16. The van der Waals surface area contributed by atoms with E-state index < -0.39 is 23.9 Å². The van der Waals surface area contributed by atoms with Crippen LogP contribution in [0.15, 0.2) is 16.0 Å². The molecule has 0 spiro atoms. The number of amides is 1. The van der Waals surface area contributed by atoms with Crippen molar-refractivity contribution in [1.82, 2.24) is 10.1 Å². The molecule has 148 valence electrons. The van der Waals surface area contributed by atoms with Gasteiger partial charge in [0.15, 0.2) is 10.9 Å². The molecule has 0 radical (unpaired) electrons. The molecule has 27 heavy (non-hydrogen) atoms. The second-order valence-electron chi connectivity index (χ2n) is 5.36. The summed E-state index contributed by atoms with van der Waals surface area (Å²) in [5.41, 5.74) is 11.6. The molecule has 2 heterocycles. The molecular weight excluding hydrogens is 378 g/mol. The average Bonchev–Trinajstić information content (AvgIpc) is 3.24. The molecule has 0 aromatic carbocycles. The number of hydrogen-bond donors (Lipinski definition) is 5. The van der Waals surface area contributed by atoms with Crippen molar-refractivity contribution in [2.45, 2.75) is 32.2 Å². The Morgan fingerprint density at radius 3 is 2.56 bits per heavy atom. The number of carbonyl (C=O) groups excluding carboxylic acids is 1. The van der Waals surface area contributed by atoms with E-state index in [4.69, 9.17) is 26.2 Å². The third-order valence-electron chi connectivity index (χ3n) is 3.09. The van der Waals surface area contributed by atoms with Crippen molar-refractivity contribution in [2.24, 2.45) is 11.5 Å². The van der Waals surface area contributed by atoms with Crippen LogP contribution in [0.4, 0.5) is 5.13 Å². The van der Waals surface area contributed by atoms with Gasteiger partial charge in [-0.2, -0.15) is 0 Å². The number of rotatable bonds is 7. The maximum atomic E-state index is 10.9. The third kappa shape index (κ3) is 7.94. The summed E-state index contributed by atoms with van der Waals surface area (Å²) in [4.78, 5) is 35.3. The van der Waals surface area contributed by atoms with Gasteiger partial charge in [-0.05, 0) is 26.3 Å². The van der Waals surface area contributed by atoms with Gasteiger partial charge in [0, 0.05) is 11.4 Å². The van der Waals surface area contributed by atoms with Crippen molar-refractivity contribution in [2.75, 3.05) is 11.9 Å². The third-order valence-corrected chi connectivity index (χ3v) is 3.84. The Hall–Kier alpha value is -2.83. The number of hydrogen-bond acceptors (Lipinski definition) is 9. The van der Waals surface area contributed by atoms with E-state index in [9.17, 15) is 14.4 Å². The number of thiazole rings is 1. The van der Waals surface area contributed by atoms with Gasteiger partial charge in [0.25, 0.3) is 0 Å². The average molecular weight is 399 g/mol. The van der Waals surface area contributed by atoms with Crippen LogP contribution in [0.2, 0.25) is 0 Å². The summed E-state index contributed by atoms with van der Waals surface area (Å²) < 4.78 is 4.98. The molecule has 0 aliphatic rings. The second kappa shape index (κ2) is 11.0. The van der Waals surface area contributed by atoms with Gasteiger partial charge < -0.3 is 26.2 Å². The van der Waals surface area contributed by atoms with Crippen molar-refractivity contribution < 1.29 is 29.1 Å². The normalized spacial score (nSPS) is 11.2. The van der Waals surface area contributed by atoms with Gasteiger partial charge in [0.05, 0.1) is 5.69 Å². The van der Waals surface area contributed by atoms with E-state index in [1.54, 1.807) is 18.4 Å². The number of aliphatic carboxylic acids is 2. The Bertz CT molecular complexity index is 774. The zero-order chi connectivity index (χ0) is 20.4. The quantitative estimate of drug-likeness (QED) is 0.326. The molecule has 2 aromatic heterocycles. The molecule has 2 rings (SSSR count). The van der Waals surface area contributed by atoms with E-state index >= 15 is 0 Å². The molecule has 2 aromatic rings. The molecule has 0 saturated heterocycles. The molecule has 7 N–H and O–H groups in total. The van der Waals surface area contributed by atoms with Crippen molar-refractivity contribution >= 4 is 34.3 Å². The van der Waals surface area contributed by atoms with Crippen LogP contribution in [-0.4, -0.2) is 50.8 Å².